The lowest BCUT2D eigenvalue weighted by molar-refractivity contribution is -0.383. The van der Waals surface area contributed by atoms with Gasteiger partial charge in [-0.2, -0.15) is 0 Å². The quantitative estimate of drug-likeness (QED) is 0.520. The highest BCUT2D eigenvalue weighted by molar-refractivity contribution is 5.76. The number of para-hydroxylation sites is 1. The van der Waals surface area contributed by atoms with Crippen LogP contribution in [0.3, 0.4) is 0 Å². The number of hydrogen-bond donors (Lipinski definition) is 2. The van der Waals surface area contributed by atoms with Crippen LogP contribution >= 0.6 is 0 Å². The Morgan fingerprint density at radius 3 is 2.00 bits per heavy atom. The number of benzene rings is 2. The Kier molecular flexibility index (Phi) is 4.70. The van der Waals surface area contributed by atoms with E-state index < -0.39 is 4.92 Å². The summed E-state index contributed by atoms with van der Waals surface area (Å²) < 4.78 is 5.10. The lowest BCUT2D eigenvalue weighted by atomic mass is 10.3. The fourth-order valence-corrected chi connectivity index (χ4v) is 2.20. The summed E-state index contributed by atoms with van der Waals surface area (Å²) in [6, 6.07) is 16.1. The summed E-state index contributed by atoms with van der Waals surface area (Å²) in [5.41, 5.74) is 1.11. The van der Waals surface area contributed by atoms with Crippen molar-refractivity contribution in [2.45, 2.75) is 0 Å². The van der Waals surface area contributed by atoms with E-state index in [4.69, 9.17) is 4.74 Å². The number of nitrogens with zero attached hydrogens (tertiary/aromatic N) is 3. The Labute approximate surface area is 143 Å². The Bertz CT molecular complexity index is 869. The van der Waals surface area contributed by atoms with Gasteiger partial charge in [0, 0.05) is 11.4 Å². The van der Waals surface area contributed by atoms with E-state index in [1.165, 1.54) is 6.33 Å². The largest absolute Gasteiger partial charge is 0.497 e. The van der Waals surface area contributed by atoms with E-state index in [2.05, 4.69) is 20.6 Å². The Hall–Kier alpha value is -3.68. The summed E-state index contributed by atoms with van der Waals surface area (Å²) in [6.07, 6.45) is 1.27. The molecule has 0 aliphatic heterocycles. The van der Waals surface area contributed by atoms with E-state index in [0.29, 0.717) is 17.1 Å². The highest BCUT2D eigenvalue weighted by Gasteiger charge is 2.23. The van der Waals surface area contributed by atoms with E-state index in [1.807, 2.05) is 18.2 Å². The van der Waals surface area contributed by atoms with E-state index in [0.717, 1.165) is 0 Å². The third-order valence-corrected chi connectivity index (χ3v) is 3.39. The summed E-state index contributed by atoms with van der Waals surface area (Å²) in [7, 11) is 1.57. The molecule has 8 nitrogen and oxygen atoms in total. The topological polar surface area (TPSA) is 102 Å². The molecule has 0 atom stereocenters. The van der Waals surface area contributed by atoms with Crippen LogP contribution in [-0.4, -0.2) is 22.0 Å². The van der Waals surface area contributed by atoms with Crippen molar-refractivity contribution >= 4 is 28.7 Å². The minimum absolute atomic E-state index is 0.101. The standard InChI is InChI=1S/C17H15N5O3/c1-25-14-9-7-13(8-10-14)21-17-15(22(23)24)16(18-11-19-17)20-12-5-3-2-4-6-12/h2-11H,1H3,(H2,18,19,20,21). The fourth-order valence-electron chi connectivity index (χ4n) is 2.20. The van der Waals surface area contributed by atoms with E-state index >= 15 is 0 Å². The van der Waals surface area contributed by atoms with Gasteiger partial charge < -0.3 is 15.4 Å². The molecule has 0 radical (unpaired) electrons. The zero-order valence-electron chi connectivity index (χ0n) is 13.3. The second-order valence-electron chi connectivity index (χ2n) is 5.02. The molecule has 1 heterocycles. The maximum Gasteiger partial charge on any atom is 0.353 e. The number of nitrogens with one attached hydrogen (secondary N) is 2. The van der Waals surface area contributed by atoms with Crippen molar-refractivity contribution in [3.8, 4) is 5.75 Å². The van der Waals surface area contributed by atoms with Crippen molar-refractivity contribution in [2.24, 2.45) is 0 Å². The molecule has 0 spiro atoms. The van der Waals surface area contributed by atoms with Gasteiger partial charge in [-0.05, 0) is 36.4 Å². The van der Waals surface area contributed by atoms with Gasteiger partial charge in [0.2, 0.25) is 11.6 Å². The van der Waals surface area contributed by atoms with Crippen LogP contribution in [-0.2, 0) is 0 Å². The number of nitro groups is 1. The summed E-state index contributed by atoms with van der Waals surface area (Å²) in [5, 5.41) is 17.4. The molecule has 0 fully saturated rings. The summed E-state index contributed by atoms with van der Waals surface area (Å²) in [6.45, 7) is 0. The summed E-state index contributed by atoms with van der Waals surface area (Å²) in [5.74, 6) is 0.903. The van der Waals surface area contributed by atoms with Gasteiger partial charge in [-0.25, -0.2) is 9.97 Å². The smallest absolute Gasteiger partial charge is 0.353 e. The normalized spacial score (nSPS) is 10.1. The van der Waals surface area contributed by atoms with Gasteiger partial charge in [-0.15, -0.1) is 0 Å². The number of aromatic nitrogens is 2. The molecule has 8 heteroatoms. The molecule has 3 rings (SSSR count). The molecule has 25 heavy (non-hydrogen) atoms. The molecular weight excluding hydrogens is 322 g/mol. The second kappa shape index (κ2) is 7.26. The average molecular weight is 337 g/mol. The number of anilines is 4. The number of rotatable bonds is 6. The predicted molar refractivity (Wildman–Crippen MR) is 94.7 cm³/mol. The Morgan fingerprint density at radius 2 is 1.48 bits per heavy atom. The molecular formula is C17H15N5O3. The average Bonchev–Trinajstić information content (AvgIpc) is 2.63. The van der Waals surface area contributed by atoms with Crippen molar-refractivity contribution < 1.29 is 9.66 Å². The fraction of sp³-hybridized carbons (Fsp3) is 0.0588. The van der Waals surface area contributed by atoms with Crippen LogP contribution in [0, 0.1) is 10.1 Å². The first kappa shape index (κ1) is 16.2. The van der Waals surface area contributed by atoms with Crippen molar-refractivity contribution in [2.75, 3.05) is 17.7 Å². The number of methoxy groups -OCH3 is 1. The molecule has 0 saturated carbocycles. The molecule has 126 valence electrons. The van der Waals surface area contributed by atoms with Crippen LogP contribution in [0.25, 0.3) is 0 Å². The van der Waals surface area contributed by atoms with Gasteiger partial charge in [-0.3, -0.25) is 10.1 Å². The molecule has 2 aromatic carbocycles. The van der Waals surface area contributed by atoms with Crippen molar-refractivity contribution in [1.29, 1.82) is 0 Å². The van der Waals surface area contributed by atoms with Crippen molar-refractivity contribution in [3.05, 3.63) is 71.0 Å². The third-order valence-electron chi connectivity index (χ3n) is 3.39. The van der Waals surface area contributed by atoms with Crippen LogP contribution in [0.5, 0.6) is 5.75 Å². The number of hydrogen-bond acceptors (Lipinski definition) is 7. The summed E-state index contributed by atoms with van der Waals surface area (Å²) in [4.78, 5) is 19.0. The highest BCUT2D eigenvalue weighted by atomic mass is 16.6. The van der Waals surface area contributed by atoms with Gasteiger partial charge in [0.15, 0.2) is 0 Å². The minimum Gasteiger partial charge on any atom is -0.497 e. The van der Waals surface area contributed by atoms with Crippen LogP contribution in [0.15, 0.2) is 60.9 Å². The van der Waals surface area contributed by atoms with Gasteiger partial charge in [0.05, 0.1) is 12.0 Å². The van der Waals surface area contributed by atoms with Crippen LogP contribution < -0.4 is 15.4 Å². The zero-order chi connectivity index (χ0) is 17.6. The molecule has 0 amide bonds. The first-order valence-electron chi connectivity index (χ1n) is 7.40. The van der Waals surface area contributed by atoms with E-state index in [1.54, 1.807) is 43.5 Å². The van der Waals surface area contributed by atoms with Gasteiger partial charge in [-0.1, -0.05) is 18.2 Å². The van der Waals surface area contributed by atoms with Gasteiger partial charge >= 0.3 is 5.69 Å². The van der Waals surface area contributed by atoms with Crippen LogP contribution in [0.4, 0.5) is 28.7 Å². The zero-order valence-corrected chi connectivity index (χ0v) is 13.3. The predicted octanol–water partition coefficient (Wildman–Crippen LogP) is 3.88. The SMILES string of the molecule is COc1ccc(Nc2ncnc(Nc3ccccc3)c2[N+](=O)[O-])cc1. The van der Waals surface area contributed by atoms with E-state index in [9.17, 15) is 10.1 Å². The lowest BCUT2D eigenvalue weighted by Gasteiger charge is -2.10. The lowest BCUT2D eigenvalue weighted by Crippen LogP contribution is -2.05. The van der Waals surface area contributed by atoms with E-state index in [-0.39, 0.29) is 17.3 Å². The second-order valence-corrected chi connectivity index (χ2v) is 5.02. The molecule has 3 aromatic rings. The maximum atomic E-state index is 11.5. The molecule has 0 aliphatic carbocycles. The van der Waals surface area contributed by atoms with Gasteiger partial charge in [0.25, 0.3) is 0 Å². The Morgan fingerprint density at radius 1 is 0.920 bits per heavy atom. The molecule has 0 unspecified atom stereocenters. The molecule has 2 N–H and O–H groups in total. The van der Waals surface area contributed by atoms with Crippen LogP contribution in [0.2, 0.25) is 0 Å². The van der Waals surface area contributed by atoms with Crippen molar-refractivity contribution in [3.63, 3.8) is 0 Å². The third kappa shape index (κ3) is 3.81. The monoisotopic (exact) mass is 337 g/mol. The minimum atomic E-state index is -0.517. The first-order valence-corrected chi connectivity index (χ1v) is 7.40. The summed E-state index contributed by atoms with van der Waals surface area (Å²) >= 11 is 0. The molecule has 0 bridgehead atoms. The molecule has 0 aliphatic rings. The molecule has 1 aromatic heterocycles. The van der Waals surface area contributed by atoms with Crippen LogP contribution in [0.1, 0.15) is 0 Å². The molecule has 0 saturated heterocycles. The maximum absolute atomic E-state index is 11.5. The first-order chi connectivity index (χ1) is 12.2. The van der Waals surface area contributed by atoms with Crippen molar-refractivity contribution in [1.82, 2.24) is 9.97 Å². The van der Waals surface area contributed by atoms with Gasteiger partial charge in [0.1, 0.15) is 12.1 Å². The Balaban J connectivity index is 1.93. The highest BCUT2D eigenvalue weighted by Crippen LogP contribution is 2.33. The number of ether oxygens (including phenoxy) is 1.